The Bertz CT molecular complexity index is 815. The maximum Gasteiger partial charge on any atom is 0.151 e. The Morgan fingerprint density at radius 1 is 1.10 bits per heavy atom. The lowest BCUT2D eigenvalue weighted by Crippen LogP contribution is -2.00. The average molecular weight is 307 g/mol. The van der Waals surface area contributed by atoms with Crippen LogP contribution >= 0.6 is 11.6 Å². The molecule has 0 aliphatic heterocycles. The van der Waals surface area contributed by atoms with Crippen LogP contribution in [0, 0.1) is 11.6 Å². The summed E-state index contributed by atoms with van der Waals surface area (Å²) in [7, 11) is 0. The zero-order valence-corrected chi connectivity index (χ0v) is 11.3. The molecule has 1 heterocycles. The first kappa shape index (κ1) is 13.5. The fourth-order valence-corrected chi connectivity index (χ4v) is 2.20. The van der Waals surface area contributed by atoms with E-state index in [0.717, 1.165) is 12.1 Å². The van der Waals surface area contributed by atoms with Gasteiger partial charge in [-0.2, -0.15) is 0 Å². The second kappa shape index (κ2) is 5.14. The second-order valence-electron chi connectivity index (χ2n) is 4.37. The molecule has 4 nitrogen and oxygen atoms in total. The van der Waals surface area contributed by atoms with Crippen molar-refractivity contribution in [2.24, 2.45) is 0 Å². The summed E-state index contributed by atoms with van der Waals surface area (Å²) in [6.45, 7) is 0. The largest absolute Gasteiger partial charge is 0.399 e. The molecule has 3 rings (SSSR count). The van der Waals surface area contributed by atoms with Crippen LogP contribution in [0.5, 0.6) is 0 Å². The van der Waals surface area contributed by atoms with Crippen LogP contribution in [-0.2, 0) is 0 Å². The van der Waals surface area contributed by atoms with Gasteiger partial charge in [0, 0.05) is 17.1 Å². The smallest absolute Gasteiger partial charge is 0.151 e. The SMILES string of the molecule is Nc1ccc2ncnc(Nc3c(F)cc(F)cc3Cl)c2c1. The van der Waals surface area contributed by atoms with Gasteiger partial charge in [-0.25, -0.2) is 18.7 Å². The van der Waals surface area contributed by atoms with Gasteiger partial charge in [-0.3, -0.25) is 0 Å². The third-order valence-corrected chi connectivity index (χ3v) is 3.21. The highest BCUT2D eigenvalue weighted by atomic mass is 35.5. The van der Waals surface area contributed by atoms with E-state index in [1.807, 2.05) is 0 Å². The van der Waals surface area contributed by atoms with Gasteiger partial charge in [0.15, 0.2) is 5.82 Å². The lowest BCUT2D eigenvalue weighted by Gasteiger charge is -2.11. The van der Waals surface area contributed by atoms with Gasteiger partial charge in [0.25, 0.3) is 0 Å². The summed E-state index contributed by atoms with van der Waals surface area (Å²) in [6.07, 6.45) is 1.33. The highest BCUT2D eigenvalue weighted by Gasteiger charge is 2.12. The van der Waals surface area contributed by atoms with Crippen LogP contribution in [0.3, 0.4) is 0 Å². The lowest BCUT2D eigenvalue weighted by molar-refractivity contribution is 0.586. The van der Waals surface area contributed by atoms with Crippen LogP contribution in [0.15, 0.2) is 36.7 Å². The summed E-state index contributed by atoms with van der Waals surface area (Å²) in [4.78, 5) is 8.14. The number of fused-ring (bicyclic) bond motifs is 1. The molecule has 2 aromatic carbocycles. The van der Waals surface area contributed by atoms with Gasteiger partial charge in [0.05, 0.1) is 16.2 Å². The van der Waals surface area contributed by atoms with E-state index < -0.39 is 11.6 Å². The molecular formula is C14H9ClF2N4. The molecule has 0 bridgehead atoms. The highest BCUT2D eigenvalue weighted by Crippen LogP contribution is 2.31. The van der Waals surface area contributed by atoms with E-state index in [1.165, 1.54) is 6.33 Å². The minimum Gasteiger partial charge on any atom is -0.399 e. The number of anilines is 3. The summed E-state index contributed by atoms with van der Waals surface area (Å²) in [5, 5.41) is 3.29. The number of nitrogens with two attached hydrogens (primary N) is 1. The molecule has 0 amide bonds. The van der Waals surface area contributed by atoms with E-state index in [9.17, 15) is 8.78 Å². The molecule has 3 N–H and O–H groups in total. The number of nitrogens with one attached hydrogen (secondary N) is 1. The minimum atomic E-state index is -0.810. The molecule has 0 unspecified atom stereocenters. The van der Waals surface area contributed by atoms with Gasteiger partial charge in [-0.05, 0) is 24.3 Å². The fourth-order valence-electron chi connectivity index (χ4n) is 1.95. The van der Waals surface area contributed by atoms with E-state index in [-0.39, 0.29) is 10.7 Å². The lowest BCUT2D eigenvalue weighted by atomic mass is 10.2. The number of rotatable bonds is 2. The Hall–Kier alpha value is -2.47. The first-order valence-corrected chi connectivity index (χ1v) is 6.34. The van der Waals surface area contributed by atoms with Crippen molar-refractivity contribution in [2.45, 2.75) is 0 Å². The van der Waals surface area contributed by atoms with Gasteiger partial charge in [-0.1, -0.05) is 11.6 Å². The first-order valence-electron chi connectivity index (χ1n) is 5.96. The monoisotopic (exact) mass is 306 g/mol. The van der Waals surface area contributed by atoms with Crippen LogP contribution in [0.2, 0.25) is 5.02 Å². The van der Waals surface area contributed by atoms with Crippen molar-refractivity contribution < 1.29 is 8.78 Å². The molecule has 106 valence electrons. The van der Waals surface area contributed by atoms with Crippen molar-refractivity contribution in [1.82, 2.24) is 9.97 Å². The number of hydrogen-bond acceptors (Lipinski definition) is 4. The predicted molar refractivity (Wildman–Crippen MR) is 78.6 cm³/mol. The van der Waals surface area contributed by atoms with Crippen molar-refractivity contribution in [3.8, 4) is 0 Å². The number of nitrogens with zero attached hydrogens (tertiary/aromatic N) is 2. The summed E-state index contributed by atoms with van der Waals surface area (Å²) < 4.78 is 26.9. The van der Waals surface area contributed by atoms with Crippen molar-refractivity contribution in [2.75, 3.05) is 11.1 Å². The topological polar surface area (TPSA) is 63.8 Å². The zero-order valence-electron chi connectivity index (χ0n) is 10.6. The standard InChI is InChI=1S/C14H9ClF2N4/c15-10-3-7(16)4-11(17)13(10)21-14-9-5-8(18)1-2-12(9)19-6-20-14/h1-6H,18H2,(H,19,20,21). The van der Waals surface area contributed by atoms with Crippen molar-refractivity contribution in [3.63, 3.8) is 0 Å². The average Bonchev–Trinajstić information content (AvgIpc) is 2.43. The molecule has 0 atom stereocenters. The summed E-state index contributed by atoms with van der Waals surface area (Å²) in [5.41, 5.74) is 6.84. The predicted octanol–water partition coefficient (Wildman–Crippen LogP) is 3.89. The van der Waals surface area contributed by atoms with E-state index in [0.29, 0.717) is 22.4 Å². The summed E-state index contributed by atoms with van der Waals surface area (Å²) in [5.74, 6) is -1.23. The molecule has 0 saturated carbocycles. The van der Waals surface area contributed by atoms with E-state index in [1.54, 1.807) is 18.2 Å². The first-order chi connectivity index (χ1) is 10.0. The Kier molecular flexibility index (Phi) is 3.31. The molecule has 7 heteroatoms. The van der Waals surface area contributed by atoms with Crippen LogP contribution in [0.25, 0.3) is 10.9 Å². The van der Waals surface area contributed by atoms with E-state index in [2.05, 4.69) is 15.3 Å². The fraction of sp³-hybridized carbons (Fsp3) is 0. The third kappa shape index (κ3) is 2.57. The van der Waals surface area contributed by atoms with Gasteiger partial charge in [-0.15, -0.1) is 0 Å². The summed E-state index contributed by atoms with van der Waals surface area (Å²) >= 11 is 5.86. The highest BCUT2D eigenvalue weighted by molar-refractivity contribution is 6.33. The molecule has 1 aromatic heterocycles. The Morgan fingerprint density at radius 3 is 2.67 bits per heavy atom. The van der Waals surface area contributed by atoms with Crippen molar-refractivity contribution >= 4 is 39.7 Å². The minimum absolute atomic E-state index is 0.0551. The number of nitrogen functional groups attached to an aromatic ring is 1. The van der Waals surface area contributed by atoms with Crippen LogP contribution in [-0.4, -0.2) is 9.97 Å². The maximum atomic E-state index is 13.8. The van der Waals surface area contributed by atoms with Gasteiger partial charge in [0.1, 0.15) is 18.0 Å². The molecule has 21 heavy (non-hydrogen) atoms. The molecule has 0 saturated heterocycles. The number of aromatic nitrogens is 2. The molecular weight excluding hydrogens is 298 g/mol. The number of hydrogen-bond donors (Lipinski definition) is 2. The maximum absolute atomic E-state index is 13.8. The van der Waals surface area contributed by atoms with Crippen molar-refractivity contribution in [1.29, 1.82) is 0 Å². The molecule has 0 fully saturated rings. The second-order valence-corrected chi connectivity index (χ2v) is 4.78. The quantitative estimate of drug-likeness (QED) is 0.705. The summed E-state index contributed by atoms with van der Waals surface area (Å²) in [6, 6.07) is 6.84. The molecule has 0 spiro atoms. The number of benzene rings is 2. The van der Waals surface area contributed by atoms with Crippen LogP contribution < -0.4 is 11.1 Å². The molecule has 0 aliphatic carbocycles. The van der Waals surface area contributed by atoms with Crippen molar-refractivity contribution in [3.05, 3.63) is 53.3 Å². The Labute approximate surface area is 123 Å². The van der Waals surface area contributed by atoms with Crippen LogP contribution in [0.4, 0.5) is 26.0 Å². The van der Waals surface area contributed by atoms with Gasteiger partial charge < -0.3 is 11.1 Å². The number of halogens is 3. The van der Waals surface area contributed by atoms with E-state index in [4.69, 9.17) is 17.3 Å². The zero-order chi connectivity index (χ0) is 15.0. The Balaban J connectivity index is 2.12. The molecule has 3 aromatic rings. The normalized spacial score (nSPS) is 10.8. The van der Waals surface area contributed by atoms with Crippen LogP contribution in [0.1, 0.15) is 0 Å². The van der Waals surface area contributed by atoms with E-state index >= 15 is 0 Å². The third-order valence-electron chi connectivity index (χ3n) is 2.91. The Morgan fingerprint density at radius 2 is 1.90 bits per heavy atom. The molecule has 0 radical (unpaired) electrons. The van der Waals surface area contributed by atoms with Gasteiger partial charge in [0.2, 0.25) is 0 Å². The van der Waals surface area contributed by atoms with Gasteiger partial charge >= 0.3 is 0 Å². The molecule has 0 aliphatic rings.